The van der Waals surface area contributed by atoms with Crippen LogP contribution < -0.4 is 11.5 Å². The lowest BCUT2D eigenvalue weighted by Crippen LogP contribution is -2.27. The minimum absolute atomic E-state index is 0.0255. The van der Waals surface area contributed by atoms with Gasteiger partial charge in [0.1, 0.15) is 51.8 Å². The molecule has 0 amide bonds. The molecule has 0 saturated carbocycles. The van der Waals surface area contributed by atoms with Gasteiger partial charge in [-0.15, -0.1) is 0 Å². The molecule has 0 bridgehead atoms. The lowest BCUT2D eigenvalue weighted by atomic mass is 9.83. The smallest absolute Gasteiger partial charge is 0.338 e. The summed E-state index contributed by atoms with van der Waals surface area (Å²) in [5, 5.41) is 30.0. The Morgan fingerprint density at radius 1 is 1.10 bits per heavy atom. The van der Waals surface area contributed by atoms with Crippen LogP contribution in [0.4, 0.5) is 10.2 Å². The first-order valence-corrected chi connectivity index (χ1v) is 14.1. The van der Waals surface area contributed by atoms with Crippen molar-refractivity contribution in [1.29, 1.82) is 15.8 Å². The number of rotatable bonds is 7. The number of halogens is 2. The number of aromatic nitrogens is 1. The highest BCUT2D eigenvalue weighted by Gasteiger charge is 2.38. The number of esters is 1. The lowest BCUT2D eigenvalue weighted by molar-refractivity contribution is -0.139. The van der Waals surface area contributed by atoms with Gasteiger partial charge in [0.2, 0.25) is 5.88 Å². The standard InChI is InChI=1S/C29H20FIN6O3S/c1-2-39-29(38)25-22(40-27(36)19(12-33)24(25)17-5-3-4-6-21(17)31)14-41-28-20(13-34)23(18(11-32)26(35)37-28)15-7-9-16(30)10-8-15/h3-10,24H,2,14,36H2,1H3,(H2,35,37). The van der Waals surface area contributed by atoms with E-state index in [1.54, 1.807) is 19.1 Å². The molecule has 0 aliphatic carbocycles. The van der Waals surface area contributed by atoms with Gasteiger partial charge in [0.15, 0.2) is 0 Å². The number of hydrogen-bond donors (Lipinski definition) is 2. The number of carbonyl (C=O) groups is 1. The number of nitriles is 3. The third-order valence-electron chi connectivity index (χ3n) is 6.10. The first kappa shape index (κ1) is 29.4. The predicted molar refractivity (Wildman–Crippen MR) is 158 cm³/mol. The van der Waals surface area contributed by atoms with E-state index in [0.717, 1.165) is 15.3 Å². The number of hydrogen-bond acceptors (Lipinski definition) is 10. The second kappa shape index (κ2) is 12.7. The number of nitrogens with two attached hydrogens (primary N) is 2. The number of pyridine rings is 1. The number of ether oxygens (including phenoxy) is 2. The predicted octanol–water partition coefficient (Wildman–Crippen LogP) is 5.24. The van der Waals surface area contributed by atoms with Crippen LogP contribution in [0.2, 0.25) is 0 Å². The highest BCUT2D eigenvalue weighted by Crippen LogP contribution is 2.43. The Balaban J connectivity index is 1.86. The fourth-order valence-corrected chi connectivity index (χ4v) is 5.96. The van der Waals surface area contributed by atoms with E-state index in [1.807, 2.05) is 18.2 Å². The molecule has 1 aromatic heterocycles. The van der Waals surface area contributed by atoms with Gasteiger partial charge in [-0.05, 0) is 58.8 Å². The lowest BCUT2D eigenvalue weighted by Gasteiger charge is -2.28. The Labute approximate surface area is 253 Å². The largest absolute Gasteiger partial charge is 0.463 e. The summed E-state index contributed by atoms with van der Waals surface area (Å²) in [5.74, 6) is -2.26. The van der Waals surface area contributed by atoms with Crippen molar-refractivity contribution in [3.63, 3.8) is 0 Å². The van der Waals surface area contributed by atoms with E-state index in [-0.39, 0.29) is 62.7 Å². The summed E-state index contributed by atoms with van der Waals surface area (Å²) in [6.07, 6.45) is 0. The topological polar surface area (TPSA) is 172 Å². The van der Waals surface area contributed by atoms with Crippen LogP contribution in [-0.4, -0.2) is 23.3 Å². The van der Waals surface area contributed by atoms with Gasteiger partial charge < -0.3 is 20.9 Å². The summed E-state index contributed by atoms with van der Waals surface area (Å²) in [6, 6.07) is 18.7. The minimum Gasteiger partial charge on any atom is -0.463 e. The van der Waals surface area contributed by atoms with Gasteiger partial charge in [0.05, 0.1) is 29.4 Å². The Kier molecular flexibility index (Phi) is 9.13. The zero-order chi connectivity index (χ0) is 29.7. The van der Waals surface area contributed by atoms with Crippen LogP contribution in [0.15, 0.2) is 76.3 Å². The van der Waals surface area contributed by atoms with Gasteiger partial charge in [-0.2, -0.15) is 15.8 Å². The van der Waals surface area contributed by atoms with Crippen molar-refractivity contribution < 1.29 is 18.7 Å². The molecule has 204 valence electrons. The van der Waals surface area contributed by atoms with Crippen molar-refractivity contribution in [3.8, 4) is 29.3 Å². The number of allylic oxidation sites excluding steroid dienone is 1. The summed E-state index contributed by atoms with van der Waals surface area (Å²) in [7, 11) is 0. The zero-order valence-electron chi connectivity index (χ0n) is 21.4. The molecule has 4 N–H and O–H groups in total. The molecule has 1 atom stereocenters. The number of anilines is 1. The van der Waals surface area contributed by atoms with E-state index in [2.05, 4.69) is 39.7 Å². The average Bonchev–Trinajstić information content (AvgIpc) is 2.96. The molecule has 2 heterocycles. The minimum atomic E-state index is -0.860. The molecular weight excluding hydrogens is 658 g/mol. The Morgan fingerprint density at radius 2 is 1.78 bits per heavy atom. The molecule has 1 aliphatic heterocycles. The zero-order valence-corrected chi connectivity index (χ0v) is 24.4. The number of nitrogens with zero attached hydrogens (tertiary/aromatic N) is 4. The van der Waals surface area contributed by atoms with Crippen molar-refractivity contribution in [2.75, 3.05) is 18.1 Å². The highest BCUT2D eigenvalue weighted by atomic mass is 127. The first-order valence-electron chi connectivity index (χ1n) is 12.0. The second-order valence-corrected chi connectivity index (χ2v) is 10.6. The molecule has 1 aliphatic rings. The van der Waals surface area contributed by atoms with Crippen LogP contribution in [0.25, 0.3) is 11.1 Å². The van der Waals surface area contributed by atoms with Crippen molar-refractivity contribution in [3.05, 3.63) is 97.4 Å². The number of benzene rings is 2. The summed E-state index contributed by atoms with van der Waals surface area (Å²) in [5.41, 5.74) is 13.7. The molecule has 9 nitrogen and oxygen atoms in total. The number of thioether (sulfide) groups is 1. The quantitative estimate of drug-likeness (QED) is 0.191. The summed E-state index contributed by atoms with van der Waals surface area (Å²) >= 11 is 3.14. The van der Waals surface area contributed by atoms with Crippen LogP contribution in [0.3, 0.4) is 0 Å². The third kappa shape index (κ3) is 5.82. The van der Waals surface area contributed by atoms with E-state index in [4.69, 9.17) is 20.9 Å². The molecule has 12 heteroatoms. The van der Waals surface area contributed by atoms with Crippen molar-refractivity contribution >= 4 is 46.1 Å². The van der Waals surface area contributed by atoms with Crippen LogP contribution in [0.5, 0.6) is 0 Å². The summed E-state index contributed by atoms with van der Waals surface area (Å²) in [4.78, 5) is 17.6. The molecule has 1 unspecified atom stereocenters. The van der Waals surface area contributed by atoms with Gasteiger partial charge >= 0.3 is 5.97 Å². The van der Waals surface area contributed by atoms with E-state index in [1.165, 1.54) is 24.3 Å². The Morgan fingerprint density at radius 3 is 2.39 bits per heavy atom. The maximum atomic E-state index is 13.6. The molecule has 3 aromatic rings. The fourth-order valence-electron chi connectivity index (χ4n) is 4.32. The average molecular weight is 678 g/mol. The summed E-state index contributed by atoms with van der Waals surface area (Å²) < 4.78 is 25.6. The van der Waals surface area contributed by atoms with Gasteiger partial charge in [-0.25, -0.2) is 14.2 Å². The van der Waals surface area contributed by atoms with Crippen molar-refractivity contribution in [1.82, 2.24) is 4.98 Å². The molecular formula is C29H20FIN6O3S. The number of nitrogen functional groups attached to an aromatic ring is 1. The maximum absolute atomic E-state index is 13.6. The Bertz CT molecular complexity index is 1740. The van der Waals surface area contributed by atoms with Crippen LogP contribution in [0.1, 0.15) is 29.5 Å². The van der Waals surface area contributed by atoms with Gasteiger partial charge in [0, 0.05) is 9.13 Å². The molecule has 0 spiro atoms. The first-order chi connectivity index (χ1) is 19.7. The van der Waals surface area contributed by atoms with Crippen LogP contribution in [-0.2, 0) is 14.3 Å². The SMILES string of the molecule is CCOC(=O)C1=C(CSc2nc(N)c(C#N)c(-c3ccc(F)cc3)c2C#N)OC(N)=C(C#N)C1c1ccccc1I. The normalized spacial score (nSPS) is 14.5. The van der Waals surface area contributed by atoms with Gasteiger partial charge in [0.25, 0.3) is 0 Å². The van der Waals surface area contributed by atoms with Crippen LogP contribution >= 0.6 is 34.4 Å². The van der Waals surface area contributed by atoms with Gasteiger partial charge in [-0.3, -0.25) is 0 Å². The summed E-state index contributed by atoms with van der Waals surface area (Å²) in [6.45, 7) is 1.74. The molecule has 0 radical (unpaired) electrons. The van der Waals surface area contributed by atoms with E-state index >= 15 is 0 Å². The van der Waals surface area contributed by atoms with Crippen LogP contribution in [0, 0.1) is 43.4 Å². The fraction of sp³-hybridized carbons (Fsp3) is 0.138. The van der Waals surface area contributed by atoms with E-state index in [9.17, 15) is 25.0 Å². The molecule has 41 heavy (non-hydrogen) atoms. The van der Waals surface area contributed by atoms with E-state index in [0.29, 0.717) is 11.1 Å². The second-order valence-electron chi connectivity index (χ2n) is 8.45. The molecule has 2 aromatic carbocycles. The van der Waals surface area contributed by atoms with Crippen molar-refractivity contribution in [2.24, 2.45) is 5.73 Å². The van der Waals surface area contributed by atoms with Gasteiger partial charge in [-0.1, -0.05) is 42.1 Å². The Hall–Kier alpha value is -4.58. The van der Waals surface area contributed by atoms with E-state index < -0.39 is 17.7 Å². The monoisotopic (exact) mass is 678 g/mol. The number of carbonyl (C=O) groups excluding carboxylic acids is 1. The highest BCUT2D eigenvalue weighted by molar-refractivity contribution is 14.1. The maximum Gasteiger partial charge on any atom is 0.338 e. The van der Waals surface area contributed by atoms with Crippen molar-refractivity contribution in [2.45, 2.75) is 17.9 Å². The molecule has 0 saturated heterocycles. The molecule has 4 rings (SSSR count). The third-order valence-corrected chi connectivity index (χ3v) is 8.05. The molecule has 0 fully saturated rings.